The number of hydrogen-bond donors (Lipinski definition) is 2. The van der Waals surface area contributed by atoms with Crippen molar-refractivity contribution in [2.75, 3.05) is 17.6 Å². The minimum Gasteiger partial charge on any atom is -0.351 e. The van der Waals surface area contributed by atoms with Crippen molar-refractivity contribution in [1.29, 1.82) is 0 Å². The number of benzene rings is 2. The molecule has 10 heteroatoms. The summed E-state index contributed by atoms with van der Waals surface area (Å²) in [6, 6.07) is 11.1. The number of aromatic nitrogens is 3. The number of hydrogen-bond acceptors (Lipinski definition) is 5. The molecule has 3 aromatic rings. The van der Waals surface area contributed by atoms with Crippen molar-refractivity contribution in [2.24, 2.45) is 0 Å². The molecule has 0 saturated heterocycles. The van der Waals surface area contributed by atoms with Gasteiger partial charge in [-0.05, 0) is 36.8 Å². The van der Waals surface area contributed by atoms with Crippen LogP contribution in [-0.2, 0) is 17.8 Å². The zero-order valence-electron chi connectivity index (χ0n) is 18.0. The van der Waals surface area contributed by atoms with Crippen LogP contribution >= 0.6 is 23.4 Å². The van der Waals surface area contributed by atoms with Crippen LogP contribution in [0.15, 0.2) is 60.3 Å². The van der Waals surface area contributed by atoms with Crippen molar-refractivity contribution < 1.29 is 14.0 Å². The van der Waals surface area contributed by atoms with Crippen molar-refractivity contribution >= 4 is 40.9 Å². The largest absolute Gasteiger partial charge is 0.351 e. The average molecular weight is 488 g/mol. The monoisotopic (exact) mass is 487 g/mol. The van der Waals surface area contributed by atoms with Gasteiger partial charge in [0.2, 0.25) is 5.91 Å². The minimum atomic E-state index is -0.574. The van der Waals surface area contributed by atoms with Crippen LogP contribution in [-0.4, -0.2) is 38.9 Å². The average Bonchev–Trinajstić information content (AvgIpc) is 3.17. The zero-order valence-corrected chi connectivity index (χ0v) is 19.5. The van der Waals surface area contributed by atoms with Crippen molar-refractivity contribution in [2.45, 2.75) is 25.0 Å². The second-order valence-corrected chi connectivity index (χ2v) is 8.38. The van der Waals surface area contributed by atoms with E-state index >= 15 is 0 Å². The zero-order chi connectivity index (χ0) is 23.8. The Labute approximate surface area is 200 Å². The van der Waals surface area contributed by atoms with Crippen molar-refractivity contribution in [3.63, 3.8) is 0 Å². The van der Waals surface area contributed by atoms with Crippen molar-refractivity contribution in [1.82, 2.24) is 20.1 Å². The predicted molar refractivity (Wildman–Crippen MR) is 128 cm³/mol. The molecule has 2 amide bonds. The van der Waals surface area contributed by atoms with Gasteiger partial charge in [-0.1, -0.05) is 47.6 Å². The Morgan fingerprint density at radius 2 is 2.00 bits per heavy atom. The fourth-order valence-corrected chi connectivity index (χ4v) is 3.95. The quantitative estimate of drug-likeness (QED) is 0.329. The molecule has 1 aromatic heterocycles. The number of carbonyl (C=O) groups is 2. The van der Waals surface area contributed by atoms with Crippen molar-refractivity contribution in [3.8, 4) is 0 Å². The molecular formula is C23H23ClFN5O2S. The maximum atomic E-state index is 13.7. The van der Waals surface area contributed by atoms with E-state index in [-0.39, 0.29) is 23.8 Å². The van der Waals surface area contributed by atoms with E-state index < -0.39 is 11.7 Å². The fourth-order valence-electron chi connectivity index (χ4n) is 3.01. The number of anilines is 1. The third kappa shape index (κ3) is 6.43. The second kappa shape index (κ2) is 11.6. The number of amides is 2. The van der Waals surface area contributed by atoms with Crippen LogP contribution in [0, 0.1) is 12.7 Å². The molecule has 33 heavy (non-hydrogen) atoms. The van der Waals surface area contributed by atoms with Gasteiger partial charge < -0.3 is 15.2 Å². The van der Waals surface area contributed by atoms with Gasteiger partial charge in [0.15, 0.2) is 5.16 Å². The molecule has 0 aliphatic carbocycles. The Morgan fingerprint density at radius 1 is 1.21 bits per heavy atom. The SMILES string of the molecule is C=CCn1c(CCNC(=O)c2ccccc2F)nnc1SCC(=O)Nc1cccc(Cl)c1C. The first-order valence-corrected chi connectivity index (χ1v) is 11.5. The fraction of sp³-hybridized carbons (Fsp3) is 0.217. The molecule has 0 aliphatic rings. The first-order valence-electron chi connectivity index (χ1n) is 10.1. The first-order chi connectivity index (χ1) is 15.9. The summed E-state index contributed by atoms with van der Waals surface area (Å²) in [5, 5.41) is 15.0. The highest BCUT2D eigenvalue weighted by Gasteiger charge is 2.15. The molecule has 1 heterocycles. The third-order valence-electron chi connectivity index (χ3n) is 4.73. The second-order valence-electron chi connectivity index (χ2n) is 7.03. The summed E-state index contributed by atoms with van der Waals surface area (Å²) < 4.78 is 15.6. The van der Waals surface area contributed by atoms with E-state index in [1.807, 2.05) is 11.5 Å². The van der Waals surface area contributed by atoms with Gasteiger partial charge >= 0.3 is 0 Å². The van der Waals surface area contributed by atoms with Gasteiger partial charge in [0.1, 0.15) is 11.6 Å². The molecule has 0 bridgehead atoms. The molecule has 0 fully saturated rings. The maximum absolute atomic E-state index is 13.7. The predicted octanol–water partition coefficient (Wildman–Crippen LogP) is 4.27. The Kier molecular flexibility index (Phi) is 8.62. The van der Waals surface area contributed by atoms with Crippen LogP contribution in [0.1, 0.15) is 21.7 Å². The summed E-state index contributed by atoms with van der Waals surface area (Å²) in [5.74, 6) is -0.514. The lowest BCUT2D eigenvalue weighted by Gasteiger charge is -2.10. The highest BCUT2D eigenvalue weighted by Crippen LogP contribution is 2.24. The smallest absolute Gasteiger partial charge is 0.254 e. The normalized spacial score (nSPS) is 10.6. The molecule has 3 rings (SSSR count). The van der Waals surface area contributed by atoms with E-state index in [0.717, 1.165) is 5.56 Å². The number of thioether (sulfide) groups is 1. The molecule has 0 aliphatic heterocycles. The van der Waals surface area contributed by atoms with E-state index in [4.69, 9.17) is 11.6 Å². The lowest BCUT2D eigenvalue weighted by Crippen LogP contribution is -2.27. The van der Waals surface area contributed by atoms with Gasteiger partial charge in [0.05, 0.1) is 11.3 Å². The van der Waals surface area contributed by atoms with Gasteiger partial charge in [-0.3, -0.25) is 9.59 Å². The Bertz CT molecular complexity index is 1170. The number of nitrogens with zero attached hydrogens (tertiary/aromatic N) is 3. The van der Waals surface area contributed by atoms with Crippen LogP contribution < -0.4 is 10.6 Å². The summed E-state index contributed by atoms with van der Waals surface area (Å²) >= 11 is 7.34. The van der Waals surface area contributed by atoms with E-state index in [2.05, 4.69) is 27.4 Å². The molecule has 7 nitrogen and oxygen atoms in total. The topological polar surface area (TPSA) is 88.9 Å². The summed E-state index contributed by atoms with van der Waals surface area (Å²) in [6.07, 6.45) is 2.08. The van der Waals surface area contributed by atoms with Gasteiger partial charge in [0, 0.05) is 30.2 Å². The number of halogens is 2. The summed E-state index contributed by atoms with van der Waals surface area (Å²) in [6.45, 7) is 6.29. The lowest BCUT2D eigenvalue weighted by atomic mass is 10.2. The number of allylic oxidation sites excluding steroid dienone is 1. The van der Waals surface area contributed by atoms with E-state index in [1.165, 1.54) is 30.0 Å². The molecule has 0 atom stereocenters. The van der Waals surface area contributed by atoms with E-state index in [9.17, 15) is 14.0 Å². The van der Waals surface area contributed by atoms with Crippen LogP contribution in [0.5, 0.6) is 0 Å². The summed E-state index contributed by atoms with van der Waals surface area (Å²) in [7, 11) is 0. The van der Waals surface area contributed by atoms with Gasteiger partial charge in [-0.15, -0.1) is 16.8 Å². The van der Waals surface area contributed by atoms with Crippen molar-refractivity contribution in [3.05, 3.63) is 82.9 Å². The van der Waals surface area contributed by atoms with Crippen LogP contribution in [0.2, 0.25) is 5.02 Å². The van der Waals surface area contributed by atoms with Gasteiger partial charge in [0.25, 0.3) is 5.91 Å². The van der Waals surface area contributed by atoms with Crippen LogP contribution in [0.3, 0.4) is 0 Å². The van der Waals surface area contributed by atoms with E-state index in [0.29, 0.717) is 34.7 Å². The highest BCUT2D eigenvalue weighted by atomic mass is 35.5. The Balaban J connectivity index is 1.58. The summed E-state index contributed by atoms with van der Waals surface area (Å²) in [4.78, 5) is 24.6. The van der Waals surface area contributed by atoms with Crippen LogP contribution in [0.25, 0.3) is 0 Å². The molecule has 172 valence electrons. The van der Waals surface area contributed by atoms with E-state index in [1.54, 1.807) is 30.3 Å². The standard InChI is InChI=1S/C23H23ClFN5O2S/c1-3-13-30-20(11-12-26-22(32)16-7-4-5-9-18(16)25)28-29-23(30)33-14-21(31)27-19-10-6-8-17(24)15(19)2/h3-10H,1,11-14H2,2H3,(H,26,32)(H,27,31). The first kappa shape index (κ1) is 24.5. The Hall–Kier alpha value is -3.17. The number of rotatable bonds is 10. The molecule has 0 unspecified atom stereocenters. The van der Waals surface area contributed by atoms with Crippen LogP contribution in [0.4, 0.5) is 10.1 Å². The number of nitrogens with one attached hydrogen (secondary N) is 2. The molecular weight excluding hydrogens is 465 g/mol. The minimum absolute atomic E-state index is 0.0118. The third-order valence-corrected chi connectivity index (χ3v) is 6.11. The lowest BCUT2D eigenvalue weighted by molar-refractivity contribution is -0.113. The molecule has 0 saturated carbocycles. The molecule has 2 aromatic carbocycles. The summed E-state index contributed by atoms with van der Waals surface area (Å²) in [5.41, 5.74) is 1.45. The van der Waals surface area contributed by atoms with Gasteiger partial charge in [-0.2, -0.15) is 0 Å². The number of carbonyl (C=O) groups excluding carboxylic acids is 2. The highest BCUT2D eigenvalue weighted by molar-refractivity contribution is 7.99. The molecule has 2 N–H and O–H groups in total. The maximum Gasteiger partial charge on any atom is 0.254 e. The molecule has 0 radical (unpaired) electrons. The molecule has 0 spiro atoms. The Morgan fingerprint density at radius 3 is 2.76 bits per heavy atom. The van der Waals surface area contributed by atoms with Gasteiger partial charge in [-0.25, -0.2) is 4.39 Å².